The summed E-state index contributed by atoms with van der Waals surface area (Å²) in [4.78, 5) is 26.1. The number of amides is 2. The molecular weight excluding hydrogens is 321 g/mol. The topological polar surface area (TPSA) is 37.4 Å². The molecule has 0 aliphatic carbocycles. The van der Waals surface area contributed by atoms with E-state index in [9.17, 15) is 9.59 Å². The fourth-order valence-corrected chi connectivity index (χ4v) is 2.76. The number of benzene rings is 2. The number of carbonyl (C=O) groups is 2. The highest BCUT2D eigenvalue weighted by Gasteiger charge is 2.39. The minimum Gasteiger partial charge on any atom is -0.268 e. The summed E-state index contributed by atoms with van der Waals surface area (Å²) in [6.07, 6.45) is 0. The lowest BCUT2D eigenvalue weighted by Crippen LogP contribution is -2.31. The molecule has 0 bridgehead atoms. The van der Waals surface area contributed by atoms with Crippen molar-refractivity contribution in [2.75, 3.05) is 4.90 Å². The molecule has 0 saturated carbocycles. The standard InChI is InChI=1S/C17H11Cl2NO2/c1-10-7-8-12(9-13(10)18)20-16(21)14(15(19)17(20)22)11-5-3-2-4-6-11/h2-9H,1H3. The lowest BCUT2D eigenvalue weighted by molar-refractivity contribution is -0.119. The predicted octanol–water partition coefficient (Wildman–Crippen LogP) is 4.17. The molecule has 1 heterocycles. The van der Waals surface area contributed by atoms with Gasteiger partial charge in [-0.15, -0.1) is 0 Å². The van der Waals surface area contributed by atoms with Crippen LogP contribution in [0, 0.1) is 6.92 Å². The molecule has 0 aromatic heterocycles. The second kappa shape index (κ2) is 5.59. The van der Waals surface area contributed by atoms with Crippen molar-refractivity contribution >= 4 is 46.3 Å². The first kappa shape index (κ1) is 14.8. The molecule has 2 aromatic rings. The van der Waals surface area contributed by atoms with E-state index >= 15 is 0 Å². The maximum Gasteiger partial charge on any atom is 0.277 e. The van der Waals surface area contributed by atoms with Crippen molar-refractivity contribution in [3.8, 4) is 0 Å². The zero-order valence-electron chi connectivity index (χ0n) is 11.6. The molecule has 0 saturated heterocycles. The number of imide groups is 1. The number of hydrogen-bond donors (Lipinski definition) is 0. The fourth-order valence-electron chi connectivity index (χ4n) is 2.31. The van der Waals surface area contributed by atoms with E-state index in [1.54, 1.807) is 42.5 Å². The normalized spacial score (nSPS) is 15.0. The summed E-state index contributed by atoms with van der Waals surface area (Å²) >= 11 is 12.2. The van der Waals surface area contributed by atoms with Gasteiger partial charge in [-0.3, -0.25) is 9.59 Å². The molecular formula is C17H11Cl2NO2. The minimum atomic E-state index is -0.537. The molecule has 0 fully saturated rings. The Kier molecular flexibility index (Phi) is 3.77. The third-order valence-corrected chi connectivity index (χ3v) is 4.26. The van der Waals surface area contributed by atoms with Crippen molar-refractivity contribution in [3.05, 3.63) is 69.7 Å². The second-order valence-corrected chi connectivity index (χ2v) is 5.72. The quantitative estimate of drug-likeness (QED) is 0.774. The molecule has 22 heavy (non-hydrogen) atoms. The Hall–Kier alpha value is -2.10. The van der Waals surface area contributed by atoms with Gasteiger partial charge >= 0.3 is 0 Å². The van der Waals surface area contributed by atoms with Gasteiger partial charge in [0.1, 0.15) is 5.03 Å². The van der Waals surface area contributed by atoms with E-state index in [4.69, 9.17) is 23.2 Å². The maximum atomic E-state index is 12.6. The molecule has 2 aromatic carbocycles. The van der Waals surface area contributed by atoms with E-state index in [0.29, 0.717) is 16.3 Å². The number of carbonyl (C=O) groups excluding carboxylic acids is 2. The second-order valence-electron chi connectivity index (χ2n) is 4.93. The third-order valence-electron chi connectivity index (χ3n) is 3.50. The predicted molar refractivity (Wildman–Crippen MR) is 87.9 cm³/mol. The molecule has 0 spiro atoms. The zero-order valence-corrected chi connectivity index (χ0v) is 13.2. The maximum absolute atomic E-state index is 12.6. The summed E-state index contributed by atoms with van der Waals surface area (Å²) in [5, 5.41) is 0.412. The van der Waals surface area contributed by atoms with E-state index < -0.39 is 11.8 Å². The van der Waals surface area contributed by atoms with Crippen LogP contribution in [-0.4, -0.2) is 11.8 Å². The Balaban J connectivity index is 2.06. The molecule has 1 aliphatic rings. The van der Waals surface area contributed by atoms with Crippen molar-refractivity contribution in [3.63, 3.8) is 0 Å². The molecule has 110 valence electrons. The molecule has 0 radical (unpaired) electrons. The Labute approximate surface area is 137 Å². The van der Waals surface area contributed by atoms with Gasteiger partial charge in [0.05, 0.1) is 11.3 Å². The Morgan fingerprint density at radius 2 is 1.59 bits per heavy atom. The van der Waals surface area contributed by atoms with E-state index in [0.717, 1.165) is 10.5 Å². The van der Waals surface area contributed by atoms with Gasteiger partial charge in [0.2, 0.25) is 0 Å². The van der Waals surface area contributed by atoms with Gasteiger partial charge < -0.3 is 0 Å². The SMILES string of the molecule is Cc1ccc(N2C(=O)C(Cl)=C(c3ccccc3)C2=O)cc1Cl. The van der Waals surface area contributed by atoms with Crippen LogP contribution in [0.1, 0.15) is 11.1 Å². The Bertz CT molecular complexity index is 813. The Morgan fingerprint density at radius 3 is 2.23 bits per heavy atom. The van der Waals surface area contributed by atoms with Gasteiger partial charge in [0, 0.05) is 5.02 Å². The molecule has 1 aliphatic heterocycles. The number of rotatable bonds is 2. The molecule has 3 nitrogen and oxygen atoms in total. The van der Waals surface area contributed by atoms with Crippen LogP contribution < -0.4 is 4.90 Å². The highest BCUT2D eigenvalue weighted by atomic mass is 35.5. The van der Waals surface area contributed by atoms with Gasteiger partial charge in [-0.2, -0.15) is 0 Å². The van der Waals surface area contributed by atoms with Crippen LogP contribution in [0.15, 0.2) is 53.6 Å². The fraction of sp³-hybridized carbons (Fsp3) is 0.0588. The van der Waals surface area contributed by atoms with Crippen molar-refractivity contribution in [2.24, 2.45) is 0 Å². The van der Waals surface area contributed by atoms with Crippen molar-refractivity contribution < 1.29 is 9.59 Å². The van der Waals surface area contributed by atoms with Crippen molar-refractivity contribution in [1.82, 2.24) is 0 Å². The van der Waals surface area contributed by atoms with E-state index in [2.05, 4.69) is 0 Å². The minimum absolute atomic E-state index is 0.0760. The summed E-state index contributed by atoms with van der Waals surface area (Å²) in [5.41, 5.74) is 2.11. The van der Waals surface area contributed by atoms with Gasteiger partial charge in [-0.05, 0) is 30.2 Å². The van der Waals surface area contributed by atoms with Gasteiger partial charge in [-0.25, -0.2) is 4.90 Å². The van der Waals surface area contributed by atoms with Crippen LogP contribution in [0.3, 0.4) is 0 Å². The van der Waals surface area contributed by atoms with Gasteiger partial charge in [0.25, 0.3) is 11.8 Å². The first-order chi connectivity index (χ1) is 10.5. The summed E-state index contributed by atoms with van der Waals surface area (Å²) < 4.78 is 0. The van der Waals surface area contributed by atoms with Crippen molar-refractivity contribution in [2.45, 2.75) is 6.92 Å². The van der Waals surface area contributed by atoms with Crippen LogP contribution in [0.4, 0.5) is 5.69 Å². The number of aryl methyl sites for hydroxylation is 1. The smallest absolute Gasteiger partial charge is 0.268 e. The highest BCUT2D eigenvalue weighted by Crippen LogP contribution is 2.35. The number of nitrogens with zero attached hydrogens (tertiary/aromatic N) is 1. The highest BCUT2D eigenvalue weighted by molar-refractivity contribution is 6.60. The molecule has 2 amide bonds. The lowest BCUT2D eigenvalue weighted by Gasteiger charge is -2.15. The largest absolute Gasteiger partial charge is 0.277 e. The Morgan fingerprint density at radius 1 is 0.909 bits per heavy atom. The monoisotopic (exact) mass is 331 g/mol. The number of anilines is 1. The summed E-state index contributed by atoms with van der Waals surface area (Å²) in [7, 11) is 0. The number of halogens is 2. The molecule has 3 rings (SSSR count). The average molecular weight is 332 g/mol. The third kappa shape index (κ3) is 2.32. The first-order valence-electron chi connectivity index (χ1n) is 6.61. The van der Waals surface area contributed by atoms with Gasteiger partial charge in [0.15, 0.2) is 0 Å². The van der Waals surface area contributed by atoms with Crippen molar-refractivity contribution in [1.29, 1.82) is 0 Å². The summed E-state index contributed by atoms with van der Waals surface area (Å²) in [6.45, 7) is 1.85. The van der Waals surface area contributed by atoms with Gasteiger partial charge in [-0.1, -0.05) is 59.6 Å². The first-order valence-corrected chi connectivity index (χ1v) is 7.36. The molecule has 0 N–H and O–H groups in total. The summed E-state index contributed by atoms with van der Waals surface area (Å²) in [5.74, 6) is -0.980. The molecule has 0 atom stereocenters. The lowest BCUT2D eigenvalue weighted by atomic mass is 10.1. The van der Waals surface area contributed by atoms with Crippen LogP contribution in [0.25, 0.3) is 5.57 Å². The summed E-state index contributed by atoms with van der Waals surface area (Å²) in [6, 6.07) is 13.9. The van der Waals surface area contributed by atoms with E-state index in [-0.39, 0.29) is 10.6 Å². The average Bonchev–Trinajstić information content (AvgIpc) is 2.73. The van der Waals surface area contributed by atoms with Crippen LogP contribution in [0.5, 0.6) is 0 Å². The molecule has 0 unspecified atom stereocenters. The number of hydrogen-bond acceptors (Lipinski definition) is 2. The van der Waals surface area contributed by atoms with Crippen LogP contribution in [-0.2, 0) is 9.59 Å². The van der Waals surface area contributed by atoms with E-state index in [1.807, 2.05) is 13.0 Å². The van der Waals surface area contributed by atoms with E-state index in [1.165, 1.54) is 0 Å². The zero-order chi connectivity index (χ0) is 15.9. The van der Waals surface area contributed by atoms with Crippen LogP contribution in [0.2, 0.25) is 5.02 Å². The molecule has 5 heteroatoms. The van der Waals surface area contributed by atoms with Crippen LogP contribution >= 0.6 is 23.2 Å².